The minimum absolute atomic E-state index is 0.00875. The maximum absolute atomic E-state index is 12.3. The number of urea groups is 1. The third kappa shape index (κ3) is 4.85. The van der Waals surface area contributed by atoms with Gasteiger partial charge < -0.3 is 20.6 Å². The molecule has 0 aliphatic carbocycles. The molecule has 3 N–H and O–H groups in total. The van der Waals surface area contributed by atoms with Crippen LogP contribution in [0.1, 0.15) is 19.3 Å². The standard InChI is InChI=1S/C15H18ClN3O4/c16-10-3-1-4-11(9-10)19-8-6-12(14(19)22)18-15(23)17-7-2-5-13(20)21/h1,3-4,9,12H,2,5-8H2,(H,20,21)(H2,17,18,23). The van der Waals surface area contributed by atoms with Crippen molar-refractivity contribution in [1.82, 2.24) is 10.6 Å². The van der Waals surface area contributed by atoms with Gasteiger partial charge in [0.2, 0.25) is 5.91 Å². The van der Waals surface area contributed by atoms with Crippen LogP contribution in [0.3, 0.4) is 0 Å². The molecule has 0 aromatic heterocycles. The van der Waals surface area contributed by atoms with E-state index in [1.165, 1.54) is 0 Å². The lowest BCUT2D eigenvalue weighted by molar-refractivity contribution is -0.137. The van der Waals surface area contributed by atoms with Crippen LogP contribution in [0.15, 0.2) is 24.3 Å². The van der Waals surface area contributed by atoms with Crippen LogP contribution in [0.4, 0.5) is 10.5 Å². The lowest BCUT2D eigenvalue weighted by Gasteiger charge is -2.17. The summed E-state index contributed by atoms with van der Waals surface area (Å²) in [6.45, 7) is 0.750. The number of benzene rings is 1. The SMILES string of the molecule is O=C(O)CCCNC(=O)NC1CCN(c2cccc(Cl)c2)C1=O. The van der Waals surface area contributed by atoms with E-state index in [0.29, 0.717) is 30.1 Å². The third-order valence-electron chi connectivity index (χ3n) is 3.48. The monoisotopic (exact) mass is 339 g/mol. The summed E-state index contributed by atoms with van der Waals surface area (Å²) in [5.74, 6) is -1.09. The Morgan fingerprint density at radius 1 is 1.39 bits per heavy atom. The molecule has 1 saturated heterocycles. The zero-order valence-electron chi connectivity index (χ0n) is 12.4. The number of halogens is 1. The molecule has 1 unspecified atom stereocenters. The van der Waals surface area contributed by atoms with Crippen LogP contribution in [0.5, 0.6) is 0 Å². The Hall–Kier alpha value is -2.28. The highest BCUT2D eigenvalue weighted by atomic mass is 35.5. The van der Waals surface area contributed by atoms with Gasteiger partial charge in [0.05, 0.1) is 0 Å². The second-order valence-corrected chi connectivity index (χ2v) is 5.64. The summed E-state index contributed by atoms with van der Waals surface area (Å²) < 4.78 is 0. The fraction of sp³-hybridized carbons (Fsp3) is 0.400. The Balaban J connectivity index is 1.82. The molecular formula is C15H18ClN3O4. The number of nitrogens with one attached hydrogen (secondary N) is 2. The predicted octanol–water partition coefficient (Wildman–Crippen LogP) is 1.61. The van der Waals surface area contributed by atoms with E-state index in [1.54, 1.807) is 29.2 Å². The Morgan fingerprint density at radius 2 is 2.17 bits per heavy atom. The van der Waals surface area contributed by atoms with E-state index >= 15 is 0 Å². The molecule has 7 nitrogen and oxygen atoms in total. The van der Waals surface area contributed by atoms with Gasteiger partial charge in [0, 0.05) is 30.2 Å². The fourth-order valence-corrected chi connectivity index (χ4v) is 2.55. The molecule has 0 radical (unpaired) electrons. The number of anilines is 1. The maximum atomic E-state index is 12.3. The summed E-state index contributed by atoms with van der Waals surface area (Å²) in [5, 5.41) is 14.2. The van der Waals surface area contributed by atoms with Crippen LogP contribution in [0, 0.1) is 0 Å². The number of aliphatic carboxylic acids is 1. The molecule has 1 fully saturated rings. The van der Waals surface area contributed by atoms with Crippen LogP contribution in [0.25, 0.3) is 0 Å². The van der Waals surface area contributed by atoms with Crippen molar-refractivity contribution in [3.8, 4) is 0 Å². The van der Waals surface area contributed by atoms with E-state index < -0.39 is 18.0 Å². The minimum Gasteiger partial charge on any atom is -0.481 e. The van der Waals surface area contributed by atoms with Gasteiger partial charge in [-0.2, -0.15) is 0 Å². The van der Waals surface area contributed by atoms with Gasteiger partial charge in [0.25, 0.3) is 0 Å². The Morgan fingerprint density at radius 3 is 2.87 bits per heavy atom. The zero-order chi connectivity index (χ0) is 16.8. The normalized spacial score (nSPS) is 17.2. The van der Waals surface area contributed by atoms with Crippen LogP contribution in [0.2, 0.25) is 5.02 Å². The average molecular weight is 340 g/mol. The number of nitrogens with zero attached hydrogens (tertiary/aromatic N) is 1. The summed E-state index contributed by atoms with van der Waals surface area (Å²) in [5.41, 5.74) is 0.702. The number of carboxylic acids is 1. The van der Waals surface area contributed by atoms with E-state index in [4.69, 9.17) is 16.7 Å². The molecule has 1 aliphatic heterocycles. The van der Waals surface area contributed by atoms with E-state index in [9.17, 15) is 14.4 Å². The molecule has 1 heterocycles. The molecule has 23 heavy (non-hydrogen) atoms. The van der Waals surface area contributed by atoms with Crippen LogP contribution < -0.4 is 15.5 Å². The molecule has 8 heteroatoms. The first-order valence-corrected chi connectivity index (χ1v) is 7.68. The molecule has 2 rings (SSSR count). The molecule has 0 saturated carbocycles. The Bertz CT molecular complexity index is 608. The zero-order valence-corrected chi connectivity index (χ0v) is 13.2. The second kappa shape index (κ2) is 7.82. The molecule has 0 spiro atoms. The second-order valence-electron chi connectivity index (χ2n) is 5.21. The smallest absolute Gasteiger partial charge is 0.315 e. The Labute approximate surface area is 138 Å². The summed E-state index contributed by atoms with van der Waals surface area (Å²) >= 11 is 5.93. The van der Waals surface area contributed by atoms with Crippen molar-refractivity contribution in [2.75, 3.05) is 18.0 Å². The largest absolute Gasteiger partial charge is 0.481 e. The highest BCUT2D eigenvalue weighted by Gasteiger charge is 2.33. The Kier molecular flexibility index (Phi) is 5.81. The van der Waals surface area contributed by atoms with E-state index in [-0.39, 0.29) is 18.9 Å². The molecule has 1 atom stereocenters. The lowest BCUT2D eigenvalue weighted by Crippen LogP contribution is -2.46. The molecule has 3 amide bonds. The van der Waals surface area contributed by atoms with Gasteiger partial charge >= 0.3 is 12.0 Å². The first-order chi connectivity index (χ1) is 11.0. The molecule has 1 aromatic carbocycles. The molecule has 1 aliphatic rings. The number of rotatable bonds is 6. The van der Waals surface area contributed by atoms with Crippen molar-refractivity contribution < 1.29 is 19.5 Å². The van der Waals surface area contributed by atoms with Gasteiger partial charge in [0.1, 0.15) is 6.04 Å². The fourth-order valence-electron chi connectivity index (χ4n) is 2.37. The number of hydrogen-bond acceptors (Lipinski definition) is 3. The number of carbonyl (C=O) groups excluding carboxylic acids is 2. The summed E-state index contributed by atoms with van der Waals surface area (Å²) in [6.07, 6.45) is 0.842. The highest BCUT2D eigenvalue weighted by Crippen LogP contribution is 2.24. The topological polar surface area (TPSA) is 98.7 Å². The van der Waals surface area contributed by atoms with Crippen molar-refractivity contribution >= 4 is 35.2 Å². The van der Waals surface area contributed by atoms with Crippen molar-refractivity contribution in [3.05, 3.63) is 29.3 Å². The van der Waals surface area contributed by atoms with Crippen molar-refractivity contribution in [2.24, 2.45) is 0 Å². The first kappa shape index (κ1) is 17.1. The number of carboxylic acid groups (broad SMARTS) is 1. The van der Waals surface area contributed by atoms with Gasteiger partial charge in [-0.1, -0.05) is 17.7 Å². The summed E-state index contributed by atoms with van der Waals surface area (Å²) in [6, 6.07) is 5.92. The predicted molar refractivity (Wildman–Crippen MR) is 85.6 cm³/mol. The molecule has 124 valence electrons. The quantitative estimate of drug-likeness (QED) is 0.686. The maximum Gasteiger partial charge on any atom is 0.315 e. The van der Waals surface area contributed by atoms with Crippen LogP contribution in [-0.4, -0.2) is 42.1 Å². The minimum atomic E-state index is -0.907. The summed E-state index contributed by atoms with van der Waals surface area (Å²) in [4.78, 5) is 36.0. The summed E-state index contributed by atoms with van der Waals surface area (Å²) in [7, 11) is 0. The van der Waals surface area contributed by atoms with Crippen LogP contribution >= 0.6 is 11.6 Å². The van der Waals surface area contributed by atoms with Crippen molar-refractivity contribution in [2.45, 2.75) is 25.3 Å². The van der Waals surface area contributed by atoms with Gasteiger partial charge in [-0.15, -0.1) is 0 Å². The highest BCUT2D eigenvalue weighted by molar-refractivity contribution is 6.31. The van der Waals surface area contributed by atoms with Gasteiger partial charge in [-0.25, -0.2) is 4.79 Å². The first-order valence-electron chi connectivity index (χ1n) is 7.30. The number of amides is 3. The average Bonchev–Trinajstić information content (AvgIpc) is 2.85. The molecule has 0 bridgehead atoms. The van der Waals surface area contributed by atoms with Crippen molar-refractivity contribution in [3.63, 3.8) is 0 Å². The van der Waals surface area contributed by atoms with Crippen LogP contribution in [-0.2, 0) is 9.59 Å². The van der Waals surface area contributed by atoms with E-state index in [2.05, 4.69) is 10.6 Å². The van der Waals surface area contributed by atoms with E-state index in [0.717, 1.165) is 0 Å². The molecule has 1 aromatic rings. The number of hydrogen-bond donors (Lipinski definition) is 3. The van der Waals surface area contributed by atoms with Crippen molar-refractivity contribution in [1.29, 1.82) is 0 Å². The molecular weight excluding hydrogens is 322 g/mol. The van der Waals surface area contributed by atoms with Gasteiger partial charge in [0.15, 0.2) is 0 Å². The van der Waals surface area contributed by atoms with Gasteiger partial charge in [-0.3, -0.25) is 9.59 Å². The lowest BCUT2D eigenvalue weighted by atomic mass is 10.2. The van der Waals surface area contributed by atoms with E-state index in [1.807, 2.05) is 0 Å². The van der Waals surface area contributed by atoms with Gasteiger partial charge in [-0.05, 0) is 31.0 Å². The third-order valence-corrected chi connectivity index (χ3v) is 3.72. The number of carbonyl (C=O) groups is 3.